The average Bonchev–Trinajstić information content (AvgIpc) is 3.13. The van der Waals surface area contributed by atoms with Gasteiger partial charge in [-0.15, -0.1) is 0 Å². The summed E-state index contributed by atoms with van der Waals surface area (Å²) in [6, 6.07) is 1.75. The van der Waals surface area contributed by atoms with E-state index in [0.717, 1.165) is 23.0 Å². The molecule has 2 amide bonds. The third kappa shape index (κ3) is 3.76. The number of pyridine rings is 1. The number of aromatic nitrogens is 3. The van der Waals surface area contributed by atoms with E-state index in [1.54, 1.807) is 29.6 Å². The Hall–Kier alpha value is -2.26. The van der Waals surface area contributed by atoms with Crippen LogP contribution in [-0.4, -0.2) is 72.8 Å². The summed E-state index contributed by atoms with van der Waals surface area (Å²) >= 11 is 3.40. The van der Waals surface area contributed by atoms with E-state index in [9.17, 15) is 14.7 Å². The summed E-state index contributed by atoms with van der Waals surface area (Å²) in [6.07, 6.45) is 9.17. The number of aliphatic hydroxyl groups excluding tert-OH is 1. The molecule has 3 atom stereocenters. The second-order valence-corrected chi connectivity index (χ2v) is 9.43. The van der Waals surface area contributed by atoms with Gasteiger partial charge >= 0.3 is 0 Å². The summed E-state index contributed by atoms with van der Waals surface area (Å²) in [5.74, 6) is 0.419. The van der Waals surface area contributed by atoms with Crippen LogP contribution in [0.3, 0.4) is 0 Å². The molecule has 8 nitrogen and oxygen atoms in total. The lowest BCUT2D eigenvalue weighted by atomic mass is 10.1. The highest BCUT2D eigenvalue weighted by molar-refractivity contribution is 9.10. The van der Waals surface area contributed by atoms with E-state index in [2.05, 4.69) is 26.0 Å². The molecule has 3 aliphatic rings. The first-order chi connectivity index (χ1) is 14.5. The predicted octanol–water partition coefficient (Wildman–Crippen LogP) is 1.48. The number of hydrogen-bond donors (Lipinski definition) is 1. The minimum atomic E-state index is -1.10. The zero-order valence-electron chi connectivity index (χ0n) is 16.5. The van der Waals surface area contributed by atoms with Crippen LogP contribution < -0.4 is 0 Å². The molecule has 1 N–H and O–H groups in total. The van der Waals surface area contributed by atoms with Gasteiger partial charge in [0.25, 0.3) is 11.8 Å². The van der Waals surface area contributed by atoms with Crippen molar-refractivity contribution in [3.63, 3.8) is 0 Å². The van der Waals surface area contributed by atoms with Gasteiger partial charge in [0.1, 0.15) is 6.10 Å². The molecule has 0 aromatic carbocycles. The lowest BCUT2D eigenvalue weighted by Gasteiger charge is -2.35. The van der Waals surface area contributed by atoms with Crippen LogP contribution in [0.4, 0.5) is 0 Å². The number of piperazine rings is 1. The number of halogens is 1. The fourth-order valence-corrected chi connectivity index (χ4v) is 4.96. The molecule has 2 bridgehead atoms. The quantitative estimate of drug-likeness (QED) is 0.685. The van der Waals surface area contributed by atoms with Gasteiger partial charge in [-0.3, -0.25) is 19.3 Å². The van der Waals surface area contributed by atoms with Crippen molar-refractivity contribution in [1.29, 1.82) is 0 Å². The summed E-state index contributed by atoms with van der Waals surface area (Å²) in [5.41, 5.74) is 1.46. The topological polar surface area (TPSA) is 91.6 Å². The SMILES string of the molecule is O=C(c1cnn(CC2CC2)c1)N1C[C@@H]2C[C@H]1CN2C(=O)C(O)Cc1ccncc1Br. The highest BCUT2D eigenvalue weighted by Crippen LogP contribution is 2.33. The number of rotatable bonds is 6. The molecule has 3 fully saturated rings. The Labute approximate surface area is 183 Å². The molecule has 4 heterocycles. The van der Waals surface area contributed by atoms with Crippen LogP contribution in [-0.2, 0) is 17.8 Å². The first kappa shape index (κ1) is 19.7. The Morgan fingerprint density at radius 1 is 1.20 bits per heavy atom. The van der Waals surface area contributed by atoms with Crippen LogP contribution >= 0.6 is 15.9 Å². The fraction of sp³-hybridized carbons (Fsp3) is 0.524. The maximum absolute atomic E-state index is 12.9. The Morgan fingerprint density at radius 2 is 1.97 bits per heavy atom. The van der Waals surface area contributed by atoms with Crippen molar-refractivity contribution in [2.75, 3.05) is 13.1 Å². The molecule has 2 aromatic heterocycles. The summed E-state index contributed by atoms with van der Waals surface area (Å²) in [6.45, 7) is 1.86. The van der Waals surface area contributed by atoms with Crippen molar-refractivity contribution < 1.29 is 14.7 Å². The maximum Gasteiger partial charge on any atom is 0.257 e. The van der Waals surface area contributed by atoms with E-state index in [0.29, 0.717) is 24.6 Å². The van der Waals surface area contributed by atoms with Crippen molar-refractivity contribution >= 4 is 27.7 Å². The minimum absolute atomic E-state index is 0.00177. The summed E-state index contributed by atoms with van der Waals surface area (Å²) < 4.78 is 2.64. The van der Waals surface area contributed by atoms with Gasteiger partial charge in [0, 0.05) is 49.1 Å². The van der Waals surface area contributed by atoms with Crippen LogP contribution in [0, 0.1) is 5.92 Å². The average molecular weight is 474 g/mol. The van der Waals surface area contributed by atoms with Gasteiger partial charge in [0.05, 0.1) is 23.8 Å². The first-order valence-corrected chi connectivity index (χ1v) is 11.2. The molecule has 9 heteroatoms. The molecule has 2 saturated heterocycles. The van der Waals surface area contributed by atoms with Gasteiger partial charge in [-0.2, -0.15) is 5.10 Å². The Kier molecular flexibility index (Phi) is 5.10. The molecule has 2 aromatic rings. The van der Waals surface area contributed by atoms with Gasteiger partial charge in [0.2, 0.25) is 0 Å². The summed E-state index contributed by atoms with van der Waals surface area (Å²) in [5, 5.41) is 14.8. The van der Waals surface area contributed by atoms with Crippen molar-refractivity contribution in [2.45, 2.75) is 50.4 Å². The van der Waals surface area contributed by atoms with Gasteiger partial charge < -0.3 is 14.9 Å². The number of aliphatic hydroxyl groups is 1. The molecular formula is C21H24BrN5O3. The number of fused-ring (bicyclic) bond motifs is 2. The lowest BCUT2D eigenvalue weighted by molar-refractivity contribution is -0.142. The van der Waals surface area contributed by atoms with Crippen LogP contribution in [0.15, 0.2) is 35.3 Å². The zero-order valence-corrected chi connectivity index (χ0v) is 18.1. The molecule has 158 valence electrons. The van der Waals surface area contributed by atoms with Crippen LogP contribution in [0.25, 0.3) is 0 Å². The van der Waals surface area contributed by atoms with E-state index < -0.39 is 6.10 Å². The van der Waals surface area contributed by atoms with E-state index in [1.807, 2.05) is 15.8 Å². The number of nitrogens with zero attached hydrogens (tertiary/aromatic N) is 5. The molecule has 0 spiro atoms. The molecule has 0 radical (unpaired) electrons. The van der Waals surface area contributed by atoms with Crippen LogP contribution in [0.1, 0.15) is 35.2 Å². The van der Waals surface area contributed by atoms with E-state index >= 15 is 0 Å². The molecule has 1 aliphatic carbocycles. The van der Waals surface area contributed by atoms with Crippen LogP contribution in [0.2, 0.25) is 0 Å². The van der Waals surface area contributed by atoms with E-state index in [1.165, 1.54) is 12.8 Å². The van der Waals surface area contributed by atoms with E-state index in [4.69, 9.17) is 0 Å². The lowest BCUT2D eigenvalue weighted by Crippen LogP contribution is -2.53. The normalized spacial score (nSPS) is 23.8. The highest BCUT2D eigenvalue weighted by atomic mass is 79.9. The third-order valence-electron chi connectivity index (χ3n) is 6.36. The summed E-state index contributed by atoms with van der Waals surface area (Å²) in [7, 11) is 0. The number of carbonyl (C=O) groups excluding carboxylic acids is 2. The van der Waals surface area contributed by atoms with Crippen molar-refractivity contribution in [2.24, 2.45) is 5.92 Å². The van der Waals surface area contributed by atoms with Crippen LogP contribution in [0.5, 0.6) is 0 Å². The molecule has 5 rings (SSSR count). The van der Waals surface area contributed by atoms with E-state index in [-0.39, 0.29) is 30.3 Å². The van der Waals surface area contributed by atoms with Gasteiger partial charge in [-0.05, 0) is 52.7 Å². The monoisotopic (exact) mass is 473 g/mol. The van der Waals surface area contributed by atoms with Gasteiger partial charge in [0.15, 0.2) is 0 Å². The standard InChI is InChI=1S/C21H24BrN5O3/c22-18-8-23-4-3-14(18)5-19(28)21(30)27-12-16-6-17(27)11-26(16)20(29)15-7-24-25(10-15)9-13-1-2-13/h3-4,7-8,10,13,16-17,19,28H,1-2,5-6,9,11-12H2/t16-,17-,19?/m0/s1. The second-order valence-electron chi connectivity index (χ2n) is 8.57. The smallest absolute Gasteiger partial charge is 0.257 e. The Bertz CT molecular complexity index is 975. The predicted molar refractivity (Wildman–Crippen MR) is 112 cm³/mol. The van der Waals surface area contributed by atoms with Gasteiger partial charge in [-0.1, -0.05) is 0 Å². The molecule has 1 saturated carbocycles. The second kappa shape index (κ2) is 7.77. The number of likely N-dealkylation sites (tertiary alicyclic amines) is 2. The molecule has 30 heavy (non-hydrogen) atoms. The number of amides is 2. The van der Waals surface area contributed by atoms with Crippen molar-refractivity contribution in [1.82, 2.24) is 24.6 Å². The Morgan fingerprint density at radius 3 is 2.67 bits per heavy atom. The first-order valence-electron chi connectivity index (χ1n) is 10.4. The third-order valence-corrected chi connectivity index (χ3v) is 7.08. The zero-order chi connectivity index (χ0) is 20.8. The number of carbonyl (C=O) groups is 2. The van der Waals surface area contributed by atoms with Crippen molar-refractivity contribution in [3.05, 3.63) is 46.5 Å². The van der Waals surface area contributed by atoms with Gasteiger partial charge in [-0.25, -0.2) is 0 Å². The molecule has 2 aliphatic heterocycles. The Balaban J connectivity index is 1.20. The molecular weight excluding hydrogens is 450 g/mol. The highest BCUT2D eigenvalue weighted by Gasteiger charge is 2.48. The minimum Gasteiger partial charge on any atom is -0.383 e. The maximum atomic E-state index is 12.9. The largest absolute Gasteiger partial charge is 0.383 e. The summed E-state index contributed by atoms with van der Waals surface area (Å²) in [4.78, 5) is 33.4. The fourth-order valence-electron chi connectivity index (χ4n) is 4.55. The molecule has 1 unspecified atom stereocenters. The van der Waals surface area contributed by atoms with Crippen molar-refractivity contribution in [3.8, 4) is 0 Å². The number of hydrogen-bond acceptors (Lipinski definition) is 5.